The van der Waals surface area contributed by atoms with E-state index in [0.29, 0.717) is 52.5 Å². The minimum Gasteiger partial charge on any atom is -0.494 e. The standard InChI is InChI=1S/C21H19Cl2N5O3/c1-11-14(4-3-13(22)18(11)23)27-19-12-5-16(17(30-2)6-15(12)25-10-26-19)28-9-21(7-24-8-21)31-20(28)29/h3-6,10,24H,7-9H2,1-2H3,(H,25,26,27). The molecule has 2 N–H and O–H groups in total. The molecular weight excluding hydrogens is 441 g/mol. The van der Waals surface area contributed by atoms with E-state index in [0.717, 1.165) is 16.6 Å². The lowest BCUT2D eigenvalue weighted by Crippen LogP contribution is -2.61. The molecule has 2 aliphatic rings. The van der Waals surface area contributed by atoms with Crippen molar-refractivity contribution in [2.24, 2.45) is 0 Å². The number of anilines is 3. The minimum atomic E-state index is -0.484. The van der Waals surface area contributed by atoms with Gasteiger partial charge in [0, 0.05) is 30.2 Å². The summed E-state index contributed by atoms with van der Waals surface area (Å²) in [6.45, 7) is 3.60. The monoisotopic (exact) mass is 459 g/mol. The summed E-state index contributed by atoms with van der Waals surface area (Å²) in [5.41, 5.74) is 2.36. The highest BCUT2D eigenvalue weighted by Gasteiger charge is 2.50. The van der Waals surface area contributed by atoms with Gasteiger partial charge in [-0.2, -0.15) is 0 Å². The number of ether oxygens (including phenoxy) is 2. The van der Waals surface area contributed by atoms with Crippen LogP contribution in [0.15, 0.2) is 30.6 Å². The van der Waals surface area contributed by atoms with Crippen molar-refractivity contribution < 1.29 is 14.3 Å². The maximum atomic E-state index is 12.6. The molecule has 2 saturated heterocycles. The van der Waals surface area contributed by atoms with Gasteiger partial charge in [-0.3, -0.25) is 4.90 Å². The Morgan fingerprint density at radius 2 is 2.06 bits per heavy atom. The number of nitrogens with zero attached hydrogens (tertiary/aromatic N) is 3. The van der Waals surface area contributed by atoms with Crippen LogP contribution in [0, 0.1) is 6.92 Å². The molecule has 3 heterocycles. The van der Waals surface area contributed by atoms with Crippen LogP contribution < -0.4 is 20.3 Å². The Hall–Kier alpha value is -2.81. The highest BCUT2D eigenvalue weighted by molar-refractivity contribution is 6.42. The van der Waals surface area contributed by atoms with Gasteiger partial charge < -0.3 is 20.1 Å². The molecule has 2 aromatic carbocycles. The molecule has 8 nitrogen and oxygen atoms in total. The van der Waals surface area contributed by atoms with Crippen molar-refractivity contribution in [1.82, 2.24) is 15.3 Å². The number of amides is 1. The average Bonchev–Trinajstić information content (AvgIpc) is 3.11. The number of aromatic nitrogens is 2. The van der Waals surface area contributed by atoms with Crippen LogP contribution in [0.3, 0.4) is 0 Å². The fourth-order valence-corrected chi connectivity index (χ4v) is 4.23. The van der Waals surface area contributed by atoms with Gasteiger partial charge in [-0.15, -0.1) is 0 Å². The maximum absolute atomic E-state index is 12.6. The van der Waals surface area contributed by atoms with Gasteiger partial charge in [-0.25, -0.2) is 14.8 Å². The lowest BCUT2D eigenvalue weighted by molar-refractivity contribution is 0.0142. The Bertz CT molecular complexity index is 1220. The van der Waals surface area contributed by atoms with Crippen molar-refractivity contribution in [3.63, 3.8) is 0 Å². The first-order chi connectivity index (χ1) is 14.9. The third kappa shape index (κ3) is 3.31. The van der Waals surface area contributed by atoms with E-state index in [9.17, 15) is 4.79 Å². The molecule has 1 amide bonds. The van der Waals surface area contributed by atoms with E-state index in [1.54, 1.807) is 24.1 Å². The lowest BCUT2D eigenvalue weighted by atomic mass is 9.97. The lowest BCUT2D eigenvalue weighted by Gasteiger charge is -2.36. The van der Waals surface area contributed by atoms with Crippen molar-refractivity contribution >= 4 is 57.4 Å². The second kappa shape index (κ2) is 7.40. The molecule has 2 fully saturated rings. The number of carbonyl (C=O) groups is 1. The topological polar surface area (TPSA) is 88.6 Å². The zero-order valence-corrected chi connectivity index (χ0v) is 18.3. The van der Waals surface area contributed by atoms with Crippen LogP contribution in [-0.2, 0) is 4.74 Å². The number of nitrogens with one attached hydrogen (secondary N) is 2. The number of hydrogen-bond donors (Lipinski definition) is 2. The SMILES string of the molecule is COc1cc2ncnc(Nc3ccc(Cl)c(Cl)c3C)c2cc1N1CC2(CNC2)OC1=O. The van der Waals surface area contributed by atoms with Gasteiger partial charge in [0.25, 0.3) is 0 Å². The van der Waals surface area contributed by atoms with E-state index in [2.05, 4.69) is 20.6 Å². The summed E-state index contributed by atoms with van der Waals surface area (Å²) in [6, 6.07) is 7.20. The van der Waals surface area contributed by atoms with Crippen LogP contribution in [0.2, 0.25) is 10.0 Å². The van der Waals surface area contributed by atoms with E-state index in [4.69, 9.17) is 32.7 Å². The molecule has 160 valence electrons. The van der Waals surface area contributed by atoms with Crippen molar-refractivity contribution in [2.75, 3.05) is 37.0 Å². The number of hydrogen-bond acceptors (Lipinski definition) is 7. The highest BCUT2D eigenvalue weighted by Crippen LogP contribution is 2.40. The summed E-state index contributed by atoms with van der Waals surface area (Å²) in [5.74, 6) is 1.10. The Kier molecular flexibility index (Phi) is 4.80. The number of benzene rings is 2. The van der Waals surface area contributed by atoms with Gasteiger partial charge in [0.2, 0.25) is 0 Å². The summed E-state index contributed by atoms with van der Waals surface area (Å²) in [4.78, 5) is 23.0. The quantitative estimate of drug-likeness (QED) is 0.601. The summed E-state index contributed by atoms with van der Waals surface area (Å²) >= 11 is 12.4. The average molecular weight is 460 g/mol. The first-order valence-corrected chi connectivity index (χ1v) is 10.4. The number of carbonyl (C=O) groups excluding carboxylic acids is 1. The smallest absolute Gasteiger partial charge is 0.415 e. The first kappa shape index (κ1) is 20.1. The third-order valence-corrected chi connectivity index (χ3v) is 6.58. The Balaban J connectivity index is 1.59. The van der Waals surface area contributed by atoms with Crippen LogP contribution in [0.4, 0.5) is 22.0 Å². The fraction of sp³-hybridized carbons (Fsp3) is 0.286. The maximum Gasteiger partial charge on any atom is 0.415 e. The molecule has 31 heavy (non-hydrogen) atoms. The Morgan fingerprint density at radius 1 is 1.26 bits per heavy atom. The Morgan fingerprint density at radius 3 is 2.74 bits per heavy atom. The molecule has 0 saturated carbocycles. The van der Waals surface area contributed by atoms with Crippen LogP contribution >= 0.6 is 23.2 Å². The van der Waals surface area contributed by atoms with Gasteiger partial charge in [0.05, 0.1) is 34.9 Å². The molecule has 0 atom stereocenters. The third-order valence-electron chi connectivity index (χ3n) is 5.68. The zero-order valence-electron chi connectivity index (χ0n) is 16.8. The number of rotatable bonds is 4. The predicted octanol–water partition coefficient (Wildman–Crippen LogP) is 4.30. The summed E-state index contributed by atoms with van der Waals surface area (Å²) in [6.07, 6.45) is 1.07. The minimum absolute atomic E-state index is 0.397. The molecule has 10 heteroatoms. The highest BCUT2D eigenvalue weighted by atomic mass is 35.5. The number of fused-ring (bicyclic) bond motifs is 1. The van der Waals surface area contributed by atoms with Gasteiger partial charge in [-0.1, -0.05) is 23.2 Å². The molecule has 0 bridgehead atoms. The van der Waals surface area contributed by atoms with E-state index < -0.39 is 11.7 Å². The van der Waals surface area contributed by atoms with Crippen molar-refractivity contribution in [1.29, 1.82) is 0 Å². The van der Waals surface area contributed by atoms with Crippen molar-refractivity contribution in [3.05, 3.63) is 46.2 Å². The summed E-state index contributed by atoms with van der Waals surface area (Å²) in [5, 5.41) is 8.16. The van der Waals surface area contributed by atoms with Crippen LogP contribution in [0.1, 0.15) is 5.56 Å². The first-order valence-electron chi connectivity index (χ1n) is 9.66. The van der Waals surface area contributed by atoms with E-state index in [-0.39, 0.29) is 0 Å². The summed E-state index contributed by atoms with van der Waals surface area (Å²) < 4.78 is 11.2. The second-order valence-corrected chi connectivity index (χ2v) is 8.45. The second-order valence-electron chi connectivity index (χ2n) is 7.66. The molecule has 5 rings (SSSR count). The van der Waals surface area contributed by atoms with Gasteiger partial charge in [0.1, 0.15) is 17.9 Å². The van der Waals surface area contributed by atoms with Crippen molar-refractivity contribution in [3.8, 4) is 5.75 Å². The molecule has 0 unspecified atom stereocenters. The molecule has 1 aromatic heterocycles. The molecule has 0 radical (unpaired) electrons. The largest absolute Gasteiger partial charge is 0.494 e. The zero-order chi connectivity index (χ0) is 21.8. The van der Waals surface area contributed by atoms with Crippen LogP contribution in [0.25, 0.3) is 10.9 Å². The van der Waals surface area contributed by atoms with E-state index in [1.165, 1.54) is 6.33 Å². The van der Waals surface area contributed by atoms with E-state index >= 15 is 0 Å². The van der Waals surface area contributed by atoms with Crippen molar-refractivity contribution in [2.45, 2.75) is 12.5 Å². The van der Waals surface area contributed by atoms with Crippen LogP contribution in [0.5, 0.6) is 5.75 Å². The molecule has 0 aliphatic carbocycles. The predicted molar refractivity (Wildman–Crippen MR) is 120 cm³/mol. The van der Waals surface area contributed by atoms with Gasteiger partial charge in [0.15, 0.2) is 5.60 Å². The molecule has 2 aliphatic heterocycles. The van der Waals surface area contributed by atoms with Crippen LogP contribution in [-0.4, -0.2) is 48.4 Å². The number of halogens is 2. The molecule has 3 aromatic rings. The molecular formula is C21H19Cl2N5O3. The van der Waals surface area contributed by atoms with E-state index in [1.807, 2.05) is 19.1 Å². The normalized spacial score (nSPS) is 17.0. The number of methoxy groups -OCH3 is 1. The fourth-order valence-electron chi connectivity index (χ4n) is 3.86. The van der Waals surface area contributed by atoms with Gasteiger partial charge in [-0.05, 0) is 30.7 Å². The summed E-state index contributed by atoms with van der Waals surface area (Å²) in [7, 11) is 1.56. The Labute approximate surface area is 188 Å². The molecule has 1 spiro atoms. The van der Waals surface area contributed by atoms with Gasteiger partial charge >= 0.3 is 6.09 Å².